The van der Waals surface area contributed by atoms with Crippen molar-refractivity contribution in [2.45, 2.75) is 45.2 Å². The molecule has 0 aliphatic rings. The molecule has 3 atom stereocenters. The van der Waals surface area contributed by atoms with Crippen LogP contribution in [-0.2, 0) is 9.59 Å². The van der Waals surface area contributed by atoms with Gasteiger partial charge in [-0.15, -0.1) is 0 Å². The number of rotatable bonds is 9. The first kappa shape index (κ1) is 24.1. The molecule has 1 aromatic carbocycles. The molecule has 0 radical (unpaired) electrons. The summed E-state index contributed by atoms with van der Waals surface area (Å²) in [7, 11) is 1.60. The Morgan fingerprint density at radius 1 is 1.12 bits per heavy atom. The van der Waals surface area contributed by atoms with Gasteiger partial charge in [-0.1, -0.05) is 36.3 Å². The van der Waals surface area contributed by atoms with Gasteiger partial charge in [-0.3, -0.25) is 14.6 Å². The third-order valence-corrected chi connectivity index (χ3v) is 5.77. The number of hydrogen-bond donors (Lipinski definition) is 2. The maximum Gasteiger partial charge on any atom is 0.243 e. The Morgan fingerprint density at radius 2 is 1.76 bits per heavy atom. The summed E-state index contributed by atoms with van der Waals surface area (Å²) in [6.45, 7) is 5.09. The molecule has 3 aromatic rings. The third-order valence-electron chi connectivity index (χ3n) is 5.77. The van der Waals surface area contributed by atoms with Crippen LogP contribution in [0.25, 0.3) is 11.1 Å². The van der Waals surface area contributed by atoms with E-state index in [-0.39, 0.29) is 18.4 Å². The normalized spacial score (nSPS) is 13.7. The topological polar surface area (TPSA) is 109 Å². The highest BCUT2D eigenvalue weighted by molar-refractivity contribution is 5.90. The number of hydrogen-bond acceptors (Lipinski definition) is 6. The Kier molecular flexibility index (Phi) is 7.95. The summed E-state index contributed by atoms with van der Waals surface area (Å²) in [5, 5.41) is 16.6. The average molecular weight is 451 g/mol. The molecule has 0 saturated heterocycles. The van der Waals surface area contributed by atoms with E-state index in [0.717, 1.165) is 16.7 Å². The fraction of sp³-hybridized carbons (Fsp3) is 0.360. The second-order valence-electron chi connectivity index (χ2n) is 8.07. The summed E-state index contributed by atoms with van der Waals surface area (Å²) in [4.78, 5) is 31.5. The lowest BCUT2D eigenvalue weighted by Crippen LogP contribution is -2.49. The Labute approximate surface area is 193 Å². The maximum absolute atomic E-state index is 13.1. The quantitative estimate of drug-likeness (QED) is 0.518. The number of likely N-dealkylation sites (N-methyl/N-ethyl adjacent to an activating group) is 1. The minimum Gasteiger partial charge on any atom is -0.394 e. The summed E-state index contributed by atoms with van der Waals surface area (Å²) in [6, 6.07) is 11.9. The van der Waals surface area contributed by atoms with Crippen LogP contribution in [0.5, 0.6) is 0 Å². The van der Waals surface area contributed by atoms with E-state index < -0.39 is 18.0 Å². The van der Waals surface area contributed by atoms with Gasteiger partial charge in [0, 0.05) is 25.5 Å². The Bertz CT molecular complexity index is 1070. The lowest BCUT2D eigenvalue weighted by molar-refractivity contribution is -0.140. The van der Waals surface area contributed by atoms with Crippen LogP contribution in [0.2, 0.25) is 0 Å². The molecule has 8 heteroatoms. The van der Waals surface area contributed by atoms with Crippen LogP contribution in [0.1, 0.15) is 49.2 Å². The molecule has 0 fully saturated rings. The smallest absolute Gasteiger partial charge is 0.243 e. The van der Waals surface area contributed by atoms with Gasteiger partial charge >= 0.3 is 0 Å². The van der Waals surface area contributed by atoms with Crippen molar-refractivity contribution in [3.8, 4) is 11.1 Å². The molecular weight excluding hydrogens is 420 g/mol. The van der Waals surface area contributed by atoms with E-state index in [1.807, 2.05) is 43.3 Å². The largest absolute Gasteiger partial charge is 0.394 e. The SMILES string of the molecule is CC[C@@H](C(=O)N[C@@H](CO)c1ccc(-c2ccncc2)cc1)N(C)C(=O)C(C)c1cc(C)no1. The van der Waals surface area contributed by atoms with Gasteiger partial charge in [0.2, 0.25) is 11.8 Å². The number of pyridine rings is 1. The number of nitrogens with zero attached hydrogens (tertiary/aromatic N) is 3. The molecule has 174 valence electrons. The van der Waals surface area contributed by atoms with E-state index in [1.54, 1.807) is 39.4 Å². The van der Waals surface area contributed by atoms with Crippen LogP contribution in [0, 0.1) is 6.92 Å². The second kappa shape index (κ2) is 10.9. The zero-order chi connectivity index (χ0) is 24.0. The van der Waals surface area contributed by atoms with Crippen molar-refractivity contribution in [3.63, 3.8) is 0 Å². The predicted octanol–water partition coefficient (Wildman–Crippen LogP) is 3.24. The molecule has 8 nitrogen and oxygen atoms in total. The van der Waals surface area contributed by atoms with E-state index in [0.29, 0.717) is 17.9 Å². The van der Waals surface area contributed by atoms with Crippen molar-refractivity contribution in [1.29, 1.82) is 0 Å². The van der Waals surface area contributed by atoms with Crippen LogP contribution < -0.4 is 5.32 Å². The summed E-state index contributed by atoms with van der Waals surface area (Å²) in [5.41, 5.74) is 3.51. The number of amides is 2. The first-order valence-electron chi connectivity index (χ1n) is 11.0. The van der Waals surface area contributed by atoms with Gasteiger partial charge in [0.05, 0.1) is 24.3 Å². The van der Waals surface area contributed by atoms with Crippen molar-refractivity contribution in [1.82, 2.24) is 20.4 Å². The number of aryl methyl sites for hydroxylation is 1. The number of aliphatic hydroxyl groups excluding tert-OH is 1. The molecule has 33 heavy (non-hydrogen) atoms. The van der Waals surface area contributed by atoms with Gasteiger partial charge in [-0.05, 0) is 49.1 Å². The summed E-state index contributed by atoms with van der Waals surface area (Å²) in [6.07, 6.45) is 3.88. The Balaban J connectivity index is 1.69. The Hall–Kier alpha value is -3.52. The fourth-order valence-corrected chi connectivity index (χ4v) is 3.76. The number of benzene rings is 1. The molecule has 0 aliphatic heterocycles. The molecule has 0 saturated carbocycles. The van der Waals surface area contributed by atoms with Crippen molar-refractivity contribution < 1.29 is 19.2 Å². The van der Waals surface area contributed by atoms with E-state index in [4.69, 9.17) is 4.52 Å². The van der Waals surface area contributed by atoms with Crippen molar-refractivity contribution in [2.75, 3.05) is 13.7 Å². The molecule has 0 aliphatic carbocycles. The molecule has 2 amide bonds. The summed E-state index contributed by atoms with van der Waals surface area (Å²) >= 11 is 0. The fourth-order valence-electron chi connectivity index (χ4n) is 3.76. The first-order chi connectivity index (χ1) is 15.8. The number of aliphatic hydroxyl groups is 1. The zero-order valence-electron chi connectivity index (χ0n) is 19.4. The first-order valence-corrected chi connectivity index (χ1v) is 11.0. The molecule has 3 rings (SSSR count). The van der Waals surface area contributed by atoms with Crippen LogP contribution >= 0.6 is 0 Å². The highest BCUT2D eigenvalue weighted by Gasteiger charge is 2.31. The lowest BCUT2D eigenvalue weighted by Gasteiger charge is -2.29. The van der Waals surface area contributed by atoms with Crippen LogP contribution in [0.15, 0.2) is 59.4 Å². The van der Waals surface area contributed by atoms with Crippen molar-refractivity contribution in [2.24, 2.45) is 0 Å². The van der Waals surface area contributed by atoms with E-state index in [1.165, 1.54) is 4.90 Å². The average Bonchev–Trinajstić information content (AvgIpc) is 3.28. The zero-order valence-corrected chi connectivity index (χ0v) is 19.4. The molecule has 0 spiro atoms. The van der Waals surface area contributed by atoms with Gasteiger partial charge in [-0.2, -0.15) is 0 Å². The number of carbonyl (C=O) groups excluding carboxylic acids is 2. The predicted molar refractivity (Wildman–Crippen MR) is 124 cm³/mol. The lowest BCUT2D eigenvalue weighted by atomic mass is 10.0. The molecule has 2 N–H and O–H groups in total. The van der Waals surface area contributed by atoms with Gasteiger partial charge in [0.15, 0.2) is 0 Å². The number of nitrogens with one attached hydrogen (secondary N) is 1. The van der Waals surface area contributed by atoms with E-state index in [2.05, 4.69) is 15.5 Å². The van der Waals surface area contributed by atoms with Crippen molar-refractivity contribution in [3.05, 3.63) is 71.9 Å². The van der Waals surface area contributed by atoms with Crippen LogP contribution in [-0.4, -0.2) is 51.7 Å². The van der Waals surface area contributed by atoms with E-state index in [9.17, 15) is 14.7 Å². The van der Waals surface area contributed by atoms with Gasteiger partial charge in [0.1, 0.15) is 11.8 Å². The maximum atomic E-state index is 13.1. The minimum absolute atomic E-state index is 0.240. The van der Waals surface area contributed by atoms with Crippen LogP contribution in [0.3, 0.4) is 0 Å². The minimum atomic E-state index is -0.686. The summed E-state index contributed by atoms with van der Waals surface area (Å²) in [5.74, 6) is -0.670. The Morgan fingerprint density at radius 3 is 2.30 bits per heavy atom. The van der Waals surface area contributed by atoms with Crippen molar-refractivity contribution >= 4 is 11.8 Å². The highest BCUT2D eigenvalue weighted by atomic mass is 16.5. The van der Waals surface area contributed by atoms with E-state index >= 15 is 0 Å². The van der Waals surface area contributed by atoms with Crippen LogP contribution in [0.4, 0.5) is 0 Å². The number of aromatic nitrogens is 2. The molecule has 0 bridgehead atoms. The summed E-state index contributed by atoms with van der Waals surface area (Å²) < 4.78 is 5.22. The molecule has 2 heterocycles. The number of carbonyl (C=O) groups is 2. The molecule has 1 unspecified atom stereocenters. The molecular formula is C25H30N4O4. The van der Waals surface area contributed by atoms with Gasteiger partial charge < -0.3 is 19.8 Å². The molecule has 2 aromatic heterocycles. The second-order valence-corrected chi connectivity index (χ2v) is 8.07. The monoisotopic (exact) mass is 450 g/mol. The van der Waals surface area contributed by atoms with Gasteiger partial charge in [0.25, 0.3) is 0 Å². The standard InChI is InChI=1S/C25H30N4O4/c1-5-22(29(4)25(32)17(3)23-14-16(2)28-33-23)24(31)27-21(15-30)20-8-6-18(7-9-20)19-10-12-26-13-11-19/h6-14,17,21-22,30H,5,15H2,1-4H3,(H,27,31)/t17?,21-,22-/m0/s1. The highest BCUT2D eigenvalue weighted by Crippen LogP contribution is 2.23. The van der Waals surface area contributed by atoms with Gasteiger partial charge in [-0.25, -0.2) is 0 Å². The third kappa shape index (κ3) is 5.64.